The van der Waals surface area contributed by atoms with E-state index in [4.69, 9.17) is 11.1 Å². The average Bonchev–Trinajstić information content (AvgIpc) is 2.37. The van der Waals surface area contributed by atoms with Crippen molar-refractivity contribution in [3.05, 3.63) is 52.2 Å². The Morgan fingerprint density at radius 3 is 2.94 bits per heavy atom. The van der Waals surface area contributed by atoms with Crippen LogP contribution in [-0.4, -0.2) is 20.8 Å². The van der Waals surface area contributed by atoms with E-state index in [2.05, 4.69) is 15.0 Å². The minimum atomic E-state index is -0.189. The molecular weight excluding hydrogens is 250 g/mol. The van der Waals surface area contributed by atoms with Crippen molar-refractivity contribution in [2.24, 2.45) is 5.73 Å². The number of pyridine rings is 1. The van der Waals surface area contributed by atoms with Gasteiger partial charge in [0.25, 0.3) is 5.56 Å². The van der Waals surface area contributed by atoms with Gasteiger partial charge in [-0.2, -0.15) is 0 Å². The highest BCUT2D eigenvalue weighted by Crippen LogP contribution is 2.19. The van der Waals surface area contributed by atoms with Gasteiger partial charge in [0, 0.05) is 24.2 Å². The predicted molar refractivity (Wildman–Crippen MR) is 69.7 cm³/mol. The van der Waals surface area contributed by atoms with Crippen LogP contribution in [0.15, 0.2) is 40.5 Å². The summed E-state index contributed by atoms with van der Waals surface area (Å²) in [6.07, 6.45) is 3.05. The Balaban J connectivity index is 2.16. The van der Waals surface area contributed by atoms with Crippen molar-refractivity contribution < 1.29 is 0 Å². The lowest BCUT2D eigenvalue weighted by Gasteiger charge is -2.05. The van der Waals surface area contributed by atoms with Crippen LogP contribution in [0.4, 0.5) is 0 Å². The van der Waals surface area contributed by atoms with Gasteiger partial charge in [0.1, 0.15) is 11.5 Å². The zero-order chi connectivity index (χ0) is 13.0. The summed E-state index contributed by atoms with van der Waals surface area (Å²) in [4.78, 5) is 21.8. The molecule has 0 atom stereocenters. The molecule has 0 aliphatic heterocycles. The first-order valence-electron chi connectivity index (χ1n) is 5.13. The van der Waals surface area contributed by atoms with E-state index in [0.717, 1.165) is 5.56 Å². The maximum Gasteiger partial charge on any atom is 0.251 e. The van der Waals surface area contributed by atoms with Crippen molar-refractivity contribution in [3.63, 3.8) is 0 Å². The molecule has 0 saturated heterocycles. The highest BCUT2D eigenvalue weighted by atomic mass is 32.2. The molecule has 0 amide bonds. The van der Waals surface area contributed by atoms with Crippen LogP contribution in [0.3, 0.4) is 0 Å². The molecule has 7 heteroatoms. The molecule has 18 heavy (non-hydrogen) atoms. The molecule has 0 saturated carbocycles. The van der Waals surface area contributed by atoms with Crippen molar-refractivity contribution in [3.8, 4) is 0 Å². The lowest BCUT2D eigenvalue weighted by molar-refractivity contribution is 0.936. The number of amidine groups is 1. The number of hydrogen-bond acceptors (Lipinski definition) is 5. The second-order valence-corrected chi connectivity index (χ2v) is 4.42. The number of H-pyrrole nitrogens is 1. The van der Waals surface area contributed by atoms with Crippen molar-refractivity contribution in [1.29, 1.82) is 5.41 Å². The SMILES string of the molecule is N=C(N)c1ncccc1CSc1nccc(=O)[nH]1. The van der Waals surface area contributed by atoms with Gasteiger partial charge in [-0.25, -0.2) is 4.98 Å². The quantitative estimate of drug-likeness (QED) is 0.325. The van der Waals surface area contributed by atoms with E-state index < -0.39 is 0 Å². The largest absolute Gasteiger partial charge is 0.382 e. The zero-order valence-corrected chi connectivity index (χ0v) is 10.2. The summed E-state index contributed by atoms with van der Waals surface area (Å²) >= 11 is 1.36. The first-order chi connectivity index (χ1) is 8.66. The predicted octanol–water partition coefficient (Wildman–Crippen LogP) is 0.741. The fraction of sp³-hybridized carbons (Fsp3) is 0.0909. The molecule has 0 aliphatic carbocycles. The number of nitrogen functional groups attached to an aromatic ring is 1. The van der Waals surface area contributed by atoms with Crippen LogP contribution in [0.2, 0.25) is 0 Å². The fourth-order valence-electron chi connectivity index (χ4n) is 1.37. The molecule has 0 aromatic carbocycles. The van der Waals surface area contributed by atoms with Crippen LogP contribution in [0.25, 0.3) is 0 Å². The third-order valence-corrected chi connectivity index (χ3v) is 3.09. The van der Waals surface area contributed by atoms with Crippen LogP contribution in [0, 0.1) is 5.41 Å². The zero-order valence-electron chi connectivity index (χ0n) is 9.38. The first-order valence-corrected chi connectivity index (χ1v) is 6.12. The molecule has 2 heterocycles. The highest BCUT2D eigenvalue weighted by Gasteiger charge is 2.07. The van der Waals surface area contributed by atoms with Gasteiger partial charge in [-0.1, -0.05) is 17.8 Å². The smallest absolute Gasteiger partial charge is 0.251 e. The monoisotopic (exact) mass is 261 g/mol. The number of thioether (sulfide) groups is 1. The molecule has 0 radical (unpaired) electrons. The van der Waals surface area contributed by atoms with Crippen LogP contribution < -0.4 is 11.3 Å². The minimum absolute atomic E-state index is 0.0688. The Morgan fingerprint density at radius 2 is 2.22 bits per heavy atom. The van der Waals surface area contributed by atoms with Crippen molar-refractivity contribution in [2.75, 3.05) is 0 Å². The molecule has 2 aromatic heterocycles. The molecule has 4 N–H and O–H groups in total. The number of rotatable bonds is 4. The second kappa shape index (κ2) is 5.46. The maximum absolute atomic E-state index is 11.1. The van der Waals surface area contributed by atoms with Crippen LogP contribution in [-0.2, 0) is 5.75 Å². The number of aromatic nitrogens is 3. The molecule has 0 bridgehead atoms. The first kappa shape index (κ1) is 12.3. The average molecular weight is 261 g/mol. The normalized spacial score (nSPS) is 10.2. The van der Waals surface area contributed by atoms with Gasteiger partial charge in [0.15, 0.2) is 5.16 Å². The maximum atomic E-state index is 11.1. The summed E-state index contributed by atoms with van der Waals surface area (Å²) in [6, 6.07) is 4.98. The summed E-state index contributed by atoms with van der Waals surface area (Å²) in [7, 11) is 0. The molecule has 0 aliphatic rings. The van der Waals surface area contributed by atoms with Gasteiger partial charge in [0.05, 0.1) is 0 Å². The Bertz CT molecular complexity index is 625. The summed E-state index contributed by atoms with van der Waals surface area (Å²) in [5.74, 6) is 0.469. The van der Waals surface area contributed by atoms with E-state index in [-0.39, 0.29) is 11.4 Å². The second-order valence-electron chi connectivity index (χ2n) is 3.45. The third-order valence-electron chi connectivity index (χ3n) is 2.16. The number of nitrogens with zero attached hydrogens (tertiary/aromatic N) is 2. The van der Waals surface area contributed by atoms with Crippen LogP contribution >= 0.6 is 11.8 Å². The molecule has 0 fully saturated rings. The van der Waals surface area contributed by atoms with E-state index in [1.54, 1.807) is 12.3 Å². The van der Waals surface area contributed by atoms with Crippen molar-refractivity contribution in [2.45, 2.75) is 10.9 Å². The molecule has 0 unspecified atom stereocenters. The summed E-state index contributed by atoms with van der Waals surface area (Å²) < 4.78 is 0. The van der Waals surface area contributed by atoms with Crippen LogP contribution in [0.5, 0.6) is 0 Å². The Hall–Kier alpha value is -2.15. The summed E-state index contributed by atoms with van der Waals surface area (Å²) in [6.45, 7) is 0. The third kappa shape index (κ3) is 2.95. The number of aromatic amines is 1. The fourth-order valence-corrected chi connectivity index (χ4v) is 2.20. The van der Waals surface area contributed by atoms with E-state index >= 15 is 0 Å². The summed E-state index contributed by atoms with van der Waals surface area (Å²) in [5.41, 5.74) is 6.55. The van der Waals surface area contributed by atoms with Gasteiger partial charge in [-0.3, -0.25) is 15.2 Å². The molecule has 0 spiro atoms. The van der Waals surface area contributed by atoms with E-state index in [1.165, 1.54) is 24.0 Å². The Kier molecular flexibility index (Phi) is 3.73. The molecule has 6 nitrogen and oxygen atoms in total. The number of hydrogen-bond donors (Lipinski definition) is 3. The lowest BCUT2D eigenvalue weighted by Crippen LogP contribution is -2.15. The van der Waals surface area contributed by atoms with Gasteiger partial charge in [-0.05, 0) is 11.6 Å². The van der Waals surface area contributed by atoms with E-state index in [9.17, 15) is 4.79 Å². The molecule has 92 valence electrons. The summed E-state index contributed by atoms with van der Waals surface area (Å²) in [5, 5.41) is 7.95. The topological polar surface area (TPSA) is 109 Å². The molecule has 2 aromatic rings. The van der Waals surface area contributed by atoms with Gasteiger partial charge in [-0.15, -0.1) is 0 Å². The van der Waals surface area contributed by atoms with Crippen molar-refractivity contribution in [1.82, 2.24) is 15.0 Å². The number of nitrogens with two attached hydrogens (primary N) is 1. The van der Waals surface area contributed by atoms with E-state index in [1.807, 2.05) is 6.07 Å². The van der Waals surface area contributed by atoms with E-state index in [0.29, 0.717) is 16.6 Å². The standard InChI is InChI=1S/C11H11N5OS/c12-10(13)9-7(2-1-4-14-9)6-18-11-15-5-3-8(17)16-11/h1-5H,6H2,(H3,12,13)(H,15,16,17). The Labute approximate surface area is 107 Å². The van der Waals surface area contributed by atoms with Crippen LogP contribution in [0.1, 0.15) is 11.3 Å². The van der Waals surface area contributed by atoms with Gasteiger partial charge in [0.2, 0.25) is 0 Å². The molecular formula is C11H11N5OS. The van der Waals surface area contributed by atoms with Crippen molar-refractivity contribution >= 4 is 17.6 Å². The minimum Gasteiger partial charge on any atom is -0.382 e. The number of nitrogens with one attached hydrogen (secondary N) is 2. The lowest BCUT2D eigenvalue weighted by atomic mass is 10.2. The molecule has 2 rings (SSSR count). The highest BCUT2D eigenvalue weighted by molar-refractivity contribution is 7.98. The van der Waals surface area contributed by atoms with Gasteiger partial charge < -0.3 is 10.7 Å². The Morgan fingerprint density at radius 1 is 1.39 bits per heavy atom. The van der Waals surface area contributed by atoms with Gasteiger partial charge >= 0.3 is 0 Å².